The molecule has 0 radical (unpaired) electrons. The zero-order valence-corrected chi connectivity index (χ0v) is 14.3. The molecule has 1 N–H and O–H groups in total. The van der Waals surface area contributed by atoms with Gasteiger partial charge in [0.1, 0.15) is 0 Å². The average molecular weight is 393 g/mol. The molecule has 1 amide bonds. The summed E-state index contributed by atoms with van der Waals surface area (Å²) in [6.07, 6.45) is 0.913. The van der Waals surface area contributed by atoms with E-state index in [1.807, 2.05) is 24.3 Å². The standard InChI is InChI=1S/C18H20INO/c1-14(21)20-18(16-10-6-3-7-11-16)12-17(13-19)15-8-4-2-5-9-15/h2-11,17-18H,12-13H2,1H3,(H,20,21). The molecule has 2 unspecified atom stereocenters. The third-order valence-electron chi connectivity index (χ3n) is 3.56. The van der Waals surface area contributed by atoms with Crippen LogP contribution < -0.4 is 5.32 Å². The third kappa shape index (κ3) is 4.84. The Morgan fingerprint density at radius 1 is 1.00 bits per heavy atom. The van der Waals surface area contributed by atoms with Crippen molar-refractivity contribution in [2.45, 2.75) is 25.3 Å². The fraction of sp³-hybridized carbons (Fsp3) is 0.278. The predicted octanol–water partition coefficient (Wildman–Crippen LogP) is 4.47. The Hall–Kier alpha value is -1.36. The lowest BCUT2D eigenvalue weighted by molar-refractivity contribution is -0.119. The van der Waals surface area contributed by atoms with Crippen LogP contribution in [0.1, 0.15) is 36.4 Å². The van der Waals surface area contributed by atoms with Gasteiger partial charge < -0.3 is 5.32 Å². The van der Waals surface area contributed by atoms with Gasteiger partial charge in [-0.3, -0.25) is 4.79 Å². The molecule has 0 bridgehead atoms. The number of amides is 1. The van der Waals surface area contributed by atoms with Crippen LogP contribution in [0.4, 0.5) is 0 Å². The van der Waals surface area contributed by atoms with Gasteiger partial charge >= 0.3 is 0 Å². The second kappa shape index (κ2) is 8.17. The van der Waals surface area contributed by atoms with Crippen LogP contribution in [0.2, 0.25) is 0 Å². The number of hydrogen-bond donors (Lipinski definition) is 1. The second-order valence-electron chi connectivity index (χ2n) is 5.16. The number of nitrogens with one attached hydrogen (secondary N) is 1. The summed E-state index contributed by atoms with van der Waals surface area (Å²) in [5, 5.41) is 3.09. The normalized spacial score (nSPS) is 13.4. The minimum Gasteiger partial charge on any atom is -0.350 e. The molecule has 0 saturated carbocycles. The molecule has 3 heteroatoms. The highest BCUT2D eigenvalue weighted by Gasteiger charge is 2.19. The number of carbonyl (C=O) groups is 1. The minimum atomic E-state index is 0.0177. The molecule has 21 heavy (non-hydrogen) atoms. The van der Waals surface area contributed by atoms with E-state index in [1.165, 1.54) is 11.1 Å². The van der Waals surface area contributed by atoms with Crippen molar-refractivity contribution in [1.29, 1.82) is 0 Å². The van der Waals surface area contributed by atoms with E-state index in [4.69, 9.17) is 0 Å². The molecule has 0 heterocycles. The van der Waals surface area contributed by atoms with Gasteiger partial charge in [-0.15, -0.1) is 0 Å². The van der Waals surface area contributed by atoms with Crippen molar-refractivity contribution in [2.75, 3.05) is 4.43 Å². The summed E-state index contributed by atoms with van der Waals surface area (Å²) in [5.74, 6) is 0.452. The van der Waals surface area contributed by atoms with Crippen molar-refractivity contribution in [3.63, 3.8) is 0 Å². The number of carbonyl (C=O) groups excluding carboxylic acids is 1. The van der Waals surface area contributed by atoms with E-state index >= 15 is 0 Å². The third-order valence-corrected chi connectivity index (χ3v) is 4.62. The second-order valence-corrected chi connectivity index (χ2v) is 6.04. The summed E-state index contributed by atoms with van der Waals surface area (Å²) < 4.78 is 1.03. The molecule has 0 saturated heterocycles. The highest BCUT2D eigenvalue weighted by Crippen LogP contribution is 2.29. The van der Waals surface area contributed by atoms with Gasteiger partial charge in [-0.2, -0.15) is 0 Å². The molecule has 2 aromatic carbocycles. The topological polar surface area (TPSA) is 29.1 Å². The van der Waals surface area contributed by atoms with E-state index in [9.17, 15) is 4.79 Å². The zero-order chi connectivity index (χ0) is 15.1. The van der Waals surface area contributed by atoms with E-state index in [0.717, 1.165) is 10.8 Å². The average Bonchev–Trinajstić information content (AvgIpc) is 2.52. The minimum absolute atomic E-state index is 0.0177. The molecule has 0 aliphatic rings. The Balaban J connectivity index is 2.19. The lowest BCUT2D eigenvalue weighted by atomic mass is 9.90. The SMILES string of the molecule is CC(=O)NC(CC(CI)c1ccccc1)c1ccccc1. The van der Waals surface area contributed by atoms with E-state index in [0.29, 0.717) is 5.92 Å². The maximum Gasteiger partial charge on any atom is 0.217 e. The van der Waals surface area contributed by atoms with Gasteiger partial charge in [-0.25, -0.2) is 0 Å². The lowest BCUT2D eigenvalue weighted by Gasteiger charge is -2.24. The van der Waals surface area contributed by atoms with Crippen molar-refractivity contribution < 1.29 is 4.79 Å². The number of benzene rings is 2. The van der Waals surface area contributed by atoms with Gasteiger partial charge in [-0.05, 0) is 23.5 Å². The van der Waals surface area contributed by atoms with E-state index in [2.05, 4.69) is 64.3 Å². The van der Waals surface area contributed by atoms with Crippen molar-refractivity contribution in [3.8, 4) is 0 Å². The van der Waals surface area contributed by atoms with E-state index in [1.54, 1.807) is 6.92 Å². The molecule has 2 rings (SSSR count). The smallest absolute Gasteiger partial charge is 0.217 e. The first-order valence-electron chi connectivity index (χ1n) is 7.13. The van der Waals surface area contributed by atoms with Crippen LogP contribution in [0.15, 0.2) is 60.7 Å². The van der Waals surface area contributed by atoms with Crippen LogP contribution in [-0.4, -0.2) is 10.3 Å². The van der Waals surface area contributed by atoms with Gasteiger partial charge in [0.15, 0.2) is 0 Å². The molecule has 0 aliphatic carbocycles. The quantitative estimate of drug-likeness (QED) is 0.570. The molecule has 0 aromatic heterocycles. The Kier molecular flexibility index (Phi) is 6.23. The largest absolute Gasteiger partial charge is 0.350 e. The Morgan fingerprint density at radius 2 is 1.52 bits per heavy atom. The first kappa shape index (κ1) is 16.0. The fourth-order valence-corrected chi connectivity index (χ4v) is 3.38. The summed E-state index contributed by atoms with van der Waals surface area (Å²) in [6, 6.07) is 20.8. The van der Waals surface area contributed by atoms with Crippen molar-refractivity contribution in [1.82, 2.24) is 5.32 Å². The number of alkyl halides is 1. The maximum absolute atomic E-state index is 11.5. The molecule has 0 aliphatic heterocycles. The predicted molar refractivity (Wildman–Crippen MR) is 95.7 cm³/mol. The molecule has 2 nitrogen and oxygen atoms in total. The lowest BCUT2D eigenvalue weighted by Crippen LogP contribution is -2.27. The Labute approximate surface area is 140 Å². The zero-order valence-electron chi connectivity index (χ0n) is 12.1. The van der Waals surface area contributed by atoms with Crippen LogP contribution in [0.5, 0.6) is 0 Å². The van der Waals surface area contributed by atoms with Crippen LogP contribution in [0.3, 0.4) is 0 Å². The summed E-state index contributed by atoms with van der Waals surface area (Å²) in [5.41, 5.74) is 2.50. The summed E-state index contributed by atoms with van der Waals surface area (Å²) >= 11 is 2.43. The molecule has 0 spiro atoms. The van der Waals surface area contributed by atoms with E-state index in [-0.39, 0.29) is 11.9 Å². The van der Waals surface area contributed by atoms with Crippen molar-refractivity contribution in [3.05, 3.63) is 71.8 Å². The highest BCUT2D eigenvalue weighted by molar-refractivity contribution is 14.1. The van der Waals surface area contributed by atoms with E-state index < -0.39 is 0 Å². The summed E-state index contributed by atoms with van der Waals surface area (Å²) in [6.45, 7) is 1.58. The number of rotatable bonds is 6. The van der Waals surface area contributed by atoms with Gasteiger partial charge in [0.25, 0.3) is 0 Å². The summed E-state index contributed by atoms with van der Waals surface area (Å²) in [4.78, 5) is 11.5. The van der Waals surface area contributed by atoms with Gasteiger partial charge in [0, 0.05) is 11.4 Å². The van der Waals surface area contributed by atoms with Crippen molar-refractivity contribution in [2.24, 2.45) is 0 Å². The Bertz CT molecular complexity index is 556. The summed E-state index contributed by atoms with van der Waals surface area (Å²) in [7, 11) is 0. The van der Waals surface area contributed by atoms with Crippen LogP contribution >= 0.6 is 22.6 Å². The monoisotopic (exact) mass is 393 g/mol. The molecule has 110 valence electrons. The van der Waals surface area contributed by atoms with Crippen LogP contribution in [0, 0.1) is 0 Å². The molecule has 2 atom stereocenters. The highest BCUT2D eigenvalue weighted by atomic mass is 127. The maximum atomic E-state index is 11.5. The fourth-order valence-electron chi connectivity index (χ4n) is 2.51. The Morgan fingerprint density at radius 3 is 2.00 bits per heavy atom. The molecule has 2 aromatic rings. The molecular weight excluding hydrogens is 373 g/mol. The van der Waals surface area contributed by atoms with Crippen molar-refractivity contribution >= 4 is 28.5 Å². The van der Waals surface area contributed by atoms with Crippen LogP contribution in [0.25, 0.3) is 0 Å². The van der Waals surface area contributed by atoms with Crippen LogP contribution in [-0.2, 0) is 4.79 Å². The number of halogens is 1. The number of hydrogen-bond acceptors (Lipinski definition) is 1. The first-order valence-corrected chi connectivity index (χ1v) is 8.66. The molecular formula is C18H20INO. The van der Waals surface area contributed by atoms with Gasteiger partial charge in [-0.1, -0.05) is 83.3 Å². The van der Waals surface area contributed by atoms with Gasteiger partial charge in [0.2, 0.25) is 5.91 Å². The molecule has 0 fully saturated rings. The first-order chi connectivity index (χ1) is 10.2. The van der Waals surface area contributed by atoms with Gasteiger partial charge in [0.05, 0.1) is 6.04 Å².